The fourth-order valence-corrected chi connectivity index (χ4v) is 1.86. The van der Waals surface area contributed by atoms with Gasteiger partial charge in [-0.1, -0.05) is 0 Å². The molecule has 0 spiro atoms. The van der Waals surface area contributed by atoms with Crippen LogP contribution in [0.1, 0.15) is 6.92 Å². The van der Waals surface area contributed by atoms with E-state index in [4.69, 9.17) is 10.5 Å². The van der Waals surface area contributed by atoms with Crippen LogP contribution in [-0.4, -0.2) is 29.7 Å². The molecule has 1 aromatic heterocycles. The molecule has 0 aliphatic rings. The van der Waals surface area contributed by atoms with E-state index in [0.29, 0.717) is 12.4 Å². The Bertz CT molecular complexity index is 653. The molecule has 2 aromatic rings. The van der Waals surface area contributed by atoms with Gasteiger partial charge in [-0.05, 0) is 19.1 Å². The lowest BCUT2D eigenvalue weighted by Gasteiger charge is -2.16. The number of hydrogen-bond donors (Lipinski definition) is 3. The first-order chi connectivity index (χ1) is 10.5. The van der Waals surface area contributed by atoms with E-state index >= 15 is 0 Å². The number of halogens is 2. The summed E-state index contributed by atoms with van der Waals surface area (Å²) in [4.78, 5) is 7.98. The molecule has 118 valence electrons. The highest BCUT2D eigenvalue weighted by Crippen LogP contribution is 2.27. The second-order valence-electron chi connectivity index (χ2n) is 4.73. The predicted octanol–water partition coefficient (Wildman–Crippen LogP) is 2.53. The average Bonchev–Trinajstić information content (AvgIpc) is 2.47. The number of nitrogen functional groups attached to an aromatic ring is 1. The van der Waals surface area contributed by atoms with Crippen LogP contribution in [0.5, 0.6) is 0 Å². The van der Waals surface area contributed by atoms with Crippen molar-refractivity contribution in [1.82, 2.24) is 9.97 Å². The molecule has 0 aliphatic carbocycles. The largest absolute Gasteiger partial charge is 0.393 e. The van der Waals surface area contributed by atoms with Crippen LogP contribution in [0.25, 0.3) is 0 Å². The van der Waals surface area contributed by atoms with Gasteiger partial charge in [-0.3, -0.25) is 0 Å². The standard InChI is InChI=1S/C14H17F2N5O/c1-8(6-22-2)20-13-12(17)14(19-7-18-13)21-11-5-9(15)3-4-10(11)16/h3-5,7-8H,6,17H2,1-2H3,(H2,18,19,20,21). The minimum absolute atomic E-state index is 0.0269. The first kappa shape index (κ1) is 15.9. The topological polar surface area (TPSA) is 85.1 Å². The van der Waals surface area contributed by atoms with Gasteiger partial charge in [-0.15, -0.1) is 0 Å². The van der Waals surface area contributed by atoms with Crippen LogP contribution in [0.4, 0.5) is 31.8 Å². The molecule has 1 atom stereocenters. The van der Waals surface area contributed by atoms with Gasteiger partial charge >= 0.3 is 0 Å². The van der Waals surface area contributed by atoms with Gasteiger partial charge in [-0.2, -0.15) is 0 Å². The lowest BCUT2D eigenvalue weighted by Crippen LogP contribution is -2.22. The fraction of sp³-hybridized carbons (Fsp3) is 0.286. The maximum absolute atomic E-state index is 13.7. The highest BCUT2D eigenvalue weighted by molar-refractivity contribution is 5.77. The molecule has 1 heterocycles. The van der Waals surface area contributed by atoms with Gasteiger partial charge in [0, 0.05) is 19.2 Å². The predicted molar refractivity (Wildman–Crippen MR) is 81.0 cm³/mol. The summed E-state index contributed by atoms with van der Waals surface area (Å²) < 4.78 is 31.9. The summed E-state index contributed by atoms with van der Waals surface area (Å²) >= 11 is 0. The minimum atomic E-state index is -0.610. The summed E-state index contributed by atoms with van der Waals surface area (Å²) in [7, 11) is 1.58. The Morgan fingerprint density at radius 3 is 2.73 bits per heavy atom. The molecule has 0 aliphatic heterocycles. The van der Waals surface area contributed by atoms with E-state index in [1.54, 1.807) is 7.11 Å². The number of hydrogen-bond acceptors (Lipinski definition) is 6. The first-order valence-corrected chi connectivity index (χ1v) is 6.59. The monoisotopic (exact) mass is 309 g/mol. The zero-order valence-corrected chi connectivity index (χ0v) is 12.2. The van der Waals surface area contributed by atoms with Crippen molar-refractivity contribution >= 4 is 23.0 Å². The summed E-state index contributed by atoms with van der Waals surface area (Å²) in [5, 5.41) is 5.72. The Balaban J connectivity index is 2.23. The highest BCUT2D eigenvalue weighted by Gasteiger charge is 2.12. The molecule has 0 amide bonds. The minimum Gasteiger partial charge on any atom is -0.393 e. The Morgan fingerprint density at radius 1 is 1.27 bits per heavy atom. The van der Waals surface area contributed by atoms with E-state index in [1.165, 1.54) is 6.33 Å². The van der Waals surface area contributed by atoms with Crippen LogP contribution >= 0.6 is 0 Å². The zero-order chi connectivity index (χ0) is 16.1. The van der Waals surface area contributed by atoms with Crippen molar-refractivity contribution in [2.75, 3.05) is 30.1 Å². The third kappa shape index (κ3) is 3.79. The van der Waals surface area contributed by atoms with E-state index in [1.807, 2.05) is 6.92 Å². The number of methoxy groups -OCH3 is 1. The second kappa shape index (κ2) is 6.99. The fourth-order valence-electron chi connectivity index (χ4n) is 1.86. The third-order valence-electron chi connectivity index (χ3n) is 2.87. The molecular weight excluding hydrogens is 292 g/mol. The third-order valence-corrected chi connectivity index (χ3v) is 2.87. The van der Waals surface area contributed by atoms with Gasteiger partial charge in [0.2, 0.25) is 0 Å². The highest BCUT2D eigenvalue weighted by atomic mass is 19.1. The van der Waals surface area contributed by atoms with Crippen molar-refractivity contribution in [1.29, 1.82) is 0 Å². The van der Waals surface area contributed by atoms with Crippen molar-refractivity contribution < 1.29 is 13.5 Å². The van der Waals surface area contributed by atoms with Crippen LogP contribution in [0, 0.1) is 11.6 Å². The molecule has 0 bridgehead atoms. The quantitative estimate of drug-likeness (QED) is 0.760. The first-order valence-electron chi connectivity index (χ1n) is 6.59. The maximum atomic E-state index is 13.7. The Labute approximate surface area is 126 Å². The second-order valence-corrected chi connectivity index (χ2v) is 4.73. The number of nitrogens with zero attached hydrogens (tertiary/aromatic N) is 2. The molecule has 4 N–H and O–H groups in total. The van der Waals surface area contributed by atoms with E-state index in [-0.39, 0.29) is 23.2 Å². The van der Waals surface area contributed by atoms with Crippen LogP contribution in [0.15, 0.2) is 24.5 Å². The number of nitrogens with one attached hydrogen (secondary N) is 2. The van der Waals surface area contributed by atoms with Gasteiger partial charge in [0.15, 0.2) is 11.6 Å². The lowest BCUT2D eigenvalue weighted by molar-refractivity contribution is 0.190. The molecule has 0 fully saturated rings. The average molecular weight is 309 g/mol. The molecular formula is C14H17F2N5O. The van der Waals surface area contributed by atoms with Crippen LogP contribution in [0.3, 0.4) is 0 Å². The number of anilines is 4. The lowest BCUT2D eigenvalue weighted by atomic mass is 10.3. The molecule has 0 saturated carbocycles. The number of benzene rings is 1. The number of aromatic nitrogens is 2. The molecule has 2 rings (SSSR count). The Hall–Kier alpha value is -2.48. The molecule has 8 heteroatoms. The van der Waals surface area contributed by atoms with Gasteiger partial charge in [0.25, 0.3) is 0 Å². The number of ether oxygens (including phenoxy) is 1. The van der Waals surface area contributed by atoms with Crippen LogP contribution in [-0.2, 0) is 4.74 Å². The molecule has 22 heavy (non-hydrogen) atoms. The zero-order valence-electron chi connectivity index (χ0n) is 12.2. The van der Waals surface area contributed by atoms with E-state index < -0.39 is 11.6 Å². The number of rotatable bonds is 6. The molecule has 1 unspecified atom stereocenters. The summed E-state index contributed by atoms with van der Waals surface area (Å²) in [6.45, 7) is 2.36. The van der Waals surface area contributed by atoms with E-state index in [9.17, 15) is 8.78 Å². The van der Waals surface area contributed by atoms with Crippen molar-refractivity contribution in [3.05, 3.63) is 36.2 Å². The Kier molecular flexibility index (Phi) is 5.05. The van der Waals surface area contributed by atoms with Crippen LogP contribution < -0.4 is 16.4 Å². The summed E-state index contributed by atoms with van der Waals surface area (Å²) in [6.07, 6.45) is 1.28. The van der Waals surface area contributed by atoms with Crippen molar-refractivity contribution in [2.24, 2.45) is 0 Å². The molecule has 0 saturated heterocycles. The Morgan fingerprint density at radius 2 is 2.00 bits per heavy atom. The summed E-state index contributed by atoms with van der Waals surface area (Å²) in [5.74, 6) is -0.601. The molecule has 0 radical (unpaired) electrons. The van der Waals surface area contributed by atoms with Crippen molar-refractivity contribution in [2.45, 2.75) is 13.0 Å². The van der Waals surface area contributed by atoms with E-state index in [0.717, 1.165) is 18.2 Å². The smallest absolute Gasteiger partial charge is 0.159 e. The summed E-state index contributed by atoms with van der Waals surface area (Å²) in [5.41, 5.74) is 6.11. The van der Waals surface area contributed by atoms with Crippen molar-refractivity contribution in [3.63, 3.8) is 0 Å². The van der Waals surface area contributed by atoms with Crippen LogP contribution in [0.2, 0.25) is 0 Å². The molecule has 6 nitrogen and oxygen atoms in total. The SMILES string of the molecule is COCC(C)Nc1ncnc(Nc2cc(F)ccc2F)c1N. The summed E-state index contributed by atoms with van der Waals surface area (Å²) in [6, 6.07) is 3.05. The molecule has 1 aromatic carbocycles. The normalized spacial score (nSPS) is 12.0. The number of nitrogens with two attached hydrogens (primary N) is 1. The van der Waals surface area contributed by atoms with Gasteiger partial charge in [-0.25, -0.2) is 18.7 Å². The van der Waals surface area contributed by atoms with Gasteiger partial charge in [0.1, 0.15) is 23.6 Å². The van der Waals surface area contributed by atoms with E-state index in [2.05, 4.69) is 20.6 Å². The maximum Gasteiger partial charge on any atom is 0.159 e. The van der Waals surface area contributed by atoms with Gasteiger partial charge in [0.05, 0.1) is 12.3 Å². The van der Waals surface area contributed by atoms with Crippen molar-refractivity contribution in [3.8, 4) is 0 Å². The van der Waals surface area contributed by atoms with Gasteiger partial charge < -0.3 is 21.1 Å².